The van der Waals surface area contributed by atoms with Crippen LogP contribution in [0.4, 0.5) is 0 Å². The zero-order valence-corrected chi connectivity index (χ0v) is 9.36. The fraction of sp³-hybridized carbons (Fsp3) is 1.00. The first-order valence-corrected chi connectivity index (χ1v) is 5.00. The molecule has 1 heteroatoms. The highest BCUT2D eigenvalue weighted by Gasteiger charge is 2.48. The van der Waals surface area contributed by atoms with Crippen molar-refractivity contribution in [2.24, 2.45) is 11.3 Å². The second-order valence-corrected chi connectivity index (χ2v) is 5.98. The Bertz CT molecular complexity index is 164. The van der Waals surface area contributed by atoms with Crippen molar-refractivity contribution in [3.05, 3.63) is 0 Å². The molecule has 0 aromatic carbocycles. The van der Waals surface area contributed by atoms with E-state index in [4.69, 9.17) is 0 Å². The molecule has 0 aliphatic heterocycles. The minimum atomic E-state index is 0.262. The molecule has 0 radical (unpaired) electrons. The minimum absolute atomic E-state index is 0.262. The van der Waals surface area contributed by atoms with Crippen molar-refractivity contribution in [3.8, 4) is 0 Å². The van der Waals surface area contributed by atoms with Gasteiger partial charge in [-0.2, -0.15) is 0 Å². The molecule has 72 valence electrons. The average Bonchev–Trinajstić information content (AvgIpc) is 2.35. The van der Waals surface area contributed by atoms with E-state index in [0.29, 0.717) is 11.5 Å². The summed E-state index contributed by atoms with van der Waals surface area (Å²) in [4.78, 5) is 0. The summed E-state index contributed by atoms with van der Waals surface area (Å²) in [6.45, 7) is 13.7. The third-order valence-corrected chi connectivity index (χ3v) is 2.85. The van der Waals surface area contributed by atoms with Gasteiger partial charge in [0.25, 0.3) is 0 Å². The quantitative estimate of drug-likeness (QED) is 0.670. The summed E-state index contributed by atoms with van der Waals surface area (Å²) in [5, 5.41) is 3.64. The number of hydrogen-bond donors (Lipinski definition) is 1. The molecule has 1 N–H and O–H groups in total. The van der Waals surface area contributed by atoms with Gasteiger partial charge < -0.3 is 5.32 Å². The Kier molecular flexibility index (Phi) is 2.28. The van der Waals surface area contributed by atoms with Crippen molar-refractivity contribution < 1.29 is 0 Å². The molecule has 1 aliphatic carbocycles. The highest BCUT2D eigenvalue weighted by molar-refractivity contribution is 5.01. The molecule has 2 atom stereocenters. The van der Waals surface area contributed by atoms with Crippen LogP contribution in [0, 0.1) is 11.3 Å². The van der Waals surface area contributed by atoms with Crippen LogP contribution >= 0.6 is 0 Å². The summed E-state index contributed by atoms with van der Waals surface area (Å²) < 4.78 is 0. The van der Waals surface area contributed by atoms with Crippen LogP contribution in [0.15, 0.2) is 0 Å². The van der Waals surface area contributed by atoms with Gasteiger partial charge in [-0.1, -0.05) is 13.8 Å². The zero-order valence-electron chi connectivity index (χ0n) is 9.36. The Morgan fingerprint density at radius 3 is 2.00 bits per heavy atom. The Labute approximate surface area is 76.9 Å². The van der Waals surface area contributed by atoms with E-state index in [1.807, 2.05) is 0 Å². The van der Waals surface area contributed by atoms with Crippen LogP contribution in [-0.2, 0) is 0 Å². The lowest BCUT2D eigenvalue weighted by Crippen LogP contribution is -2.43. The molecule has 1 fully saturated rings. The standard InChI is InChI=1S/C11H23N/c1-8(12-10(2,3)4)9-7-11(9,5)6/h8-9,12H,7H2,1-6H3. The predicted molar refractivity (Wildman–Crippen MR) is 54.2 cm³/mol. The molecule has 1 saturated carbocycles. The number of rotatable bonds is 2. The van der Waals surface area contributed by atoms with E-state index < -0.39 is 0 Å². The lowest BCUT2D eigenvalue weighted by atomic mass is 10.0. The molecule has 0 bridgehead atoms. The van der Waals surface area contributed by atoms with Crippen molar-refractivity contribution in [1.29, 1.82) is 0 Å². The van der Waals surface area contributed by atoms with E-state index in [9.17, 15) is 0 Å². The third-order valence-electron chi connectivity index (χ3n) is 2.85. The SMILES string of the molecule is CC(NC(C)(C)C)C1CC1(C)C. The molecule has 0 saturated heterocycles. The maximum Gasteiger partial charge on any atom is 0.00991 e. The van der Waals surface area contributed by atoms with Crippen molar-refractivity contribution >= 4 is 0 Å². The maximum absolute atomic E-state index is 3.64. The monoisotopic (exact) mass is 169 g/mol. The van der Waals surface area contributed by atoms with Crippen molar-refractivity contribution in [2.75, 3.05) is 0 Å². The molecule has 0 aromatic heterocycles. The van der Waals surface area contributed by atoms with Gasteiger partial charge in [-0.25, -0.2) is 0 Å². The van der Waals surface area contributed by atoms with E-state index in [1.165, 1.54) is 6.42 Å². The molecular formula is C11H23N. The fourth-order valence-corrected chi connectivity index (χ4v) is 2.15. The Morgan fingerprint density at radius 1 is 1.33 bits per heavy atom. The molecule has 12 heavy (non-hydrogen) atoms. The Hall–Kier alpha value is -0.0400. The van der Waals surface area contributed by atoms with E-state index in [2.05, 4.69) is 46.9 Å². The van der Waals surface area contributed by atoms with E-state index in [0.717, 1.165) is 5.92 Å². The highest BCUT2D eigenvalue weighted by atomic mass is 15.0. The van der Waals surface area contributed by atoms with Gasteiger partial charge >= 0.3 is 0 Å². The van der Waals surface area contributed by atoms with E-state index in [-0.39, 0.29) is 5.54 Å². The average molecular weight is 169 g/mol. The lowest BCUT2D eigenvalue weighted by Gasteiger charge is -2.27. The number of hydrogen-bond acceptors (Lipinski definition) is 1. The van der Waals surface area contributed by atoms with Crippen LogP contribution in [0.3, 0.4) is 0 Å². The fourth-order valence-electron chi connectivity index (χ4n) is 2.15. The topological polar surface area (TPSA) is 12.0 Å². The van der Waals surface area contributed by atoms with Crippen LogP contribution in [-0.4, -0.2) is 11.6 Å². The first-order chi connectivity index (χ1) is 5.22. The lowest BCUT2D eigenvalue weighted by molar-refractivity contribution is 0.327. The van der Waals surface area contributed by atoms with Crippen molar-refractivity contribution in [1.82, 2.24) is 5.32 Å². The summed E-state index contributed by atoms with van der Waals surface area (Å²) in [5.41, 5.74) is 0.857. The zero-order chi connectivity index (χ0) is 9.57. The van der Waals surface area contributed by atoms with Gasteiger partial charge in [0.1, 0.15) is 0 Å². The van der Waals surface area contributed by atoms with Gasteiger partial charge in [-0.3, -0.25) is 0 Å². The van der Waals surface area contributed by atoms with Gasteiger partial charge in [-0.05, 0) is 45.4 Å². The van der Waals surface area contributed by atoms with Crippen molar-refractivity contribution in [2.45, 2.75) is 59.5 Å². The van der Waals surface area contributed by atoms with E-state index >= 15 is 0 Å². The third kappa shape index (κ3) is 2.48. The van der Waals surface area contributed by atoms with Crippen LogP contribution in [0.1, 0.15) is 48.0 Å². The summed E-state index contributed by atoms with van der Waals surface area (Å²) in [7, 11) is 0. The van der Waals surface area contributed by atoms with Gasteiger partial charge in [0.05, 0.1) is 0 Å². The molecule has 2 unspecified atom stereocenters. The second-order valence-electron chi connectivity index (χ2n) is 5.98. The smallest absolute Gasteiger partial charge is 0.00991 e. The molecule has 0 aromatic rings. The molecule has 1 nitrogen and oxygen atoms in total. The maximum atomic E-state index is 3.64. The first kappa shape index (κ1) is 10.0. The second kappa shape index (κ2) is 2.73. The van der Waals surface area contributed by atoms with Crippen LogP contribution < -0.4 is 5.32 Å². The highest BCUT2D eigenvalue weighted by Crippen LogP contribution is 2.53. The van der Waals surface area contributed by atoms with Crippen LogP contribution in [0.2, 0.25) is 0 Å². The van der Waals surface area contributed by atoms with Crippen LogP contribution in [0.25, 0.3) is 0 Å². The largest absolute Gasteiger partial charge is 0.309 e. The molecule has 0 spiro atoms. The molecular weight excluding hydrogens is 146 g/mol. The molecule has 0 heterocycles. The minimum Gasteiger partial charge on any atom is -0.309 e. The summed E-state index contributed by atoms with van der Waals surface area (Å²) in [6, 6.07) is 0.667. The van der Waals surface area contributed by atoms with Gasteiger partial charge in [0.2, 0.25) is 0 Å². The van der Waals surface area contributed by atoms with Crippen molar-refractivity contribution in [3.63, 3.8) is 0 Å². The normalized spacial score (nSPS) is 30.0. The Balaban J connectivity index is 2.37. The van der Waals surface area contributed by atoms with Gasteiger partial charge in [0.15, 0.2) is 0 Å². The van der Waals surface area contributed by atoms with Crippen LogP contribution in [0.5, 0.6) is 0 Å². The number of nitrogens with one attached hydrogen (secondary N) is 1. The Morgan fingerprint density at radius 2 is 1.75 bits per heavy atom. The van der Waals surface area contributed by atoms with Gasteiger partial charge in [-0.15, -0.1) is 0 Å². The molecule has 1 rings (SSSR count). The van der Waals surface area contributed by atoms with Gasteiger partial charge in [0, 0.05) is 11.6 Å². The molecule has 0 amide bonds. The van der Waals surface area contributed by atoms with E-state index in [1.54, 1.807) is 0 Å². The molecule has 1 aliphatic rings. The summed E-state index contributed by atoms with van der Waals surface area (Å²) in [6.07, 6.45) is 1.39. The predicted octanol–water partition coefficient (Wildman–Crippen LogP) is 2.81. The summed E-state index contributed by atoms with van der Waals surface area (Å²) in [5.74, 6) is 0.886. The summed E-state index contributed by atoms with van der Waals surface area (Å²) >= 11 is 0. The first-order valence-electron chi connectivity index (χ1n) is 5.00.